The highest BCUT2D eigenvalue weighted by Gasteiger charge is 2.24. The Morgan fingerprint density at radius 2 is 2.50 bits per heavy atom. The zero-order valence-electron chi connectivity index (χ0n) is 6.32. The normalized spacial score (nSPS) is 30.9. The second kappa shape index (κ2) is 3.60. The number of thiol groups is 1. The fourth-order valence-electron chi connectivity index (χ4n) is 1.43. The second-order valence-corrected chi connectivity index (χ2v) is 3.43. The molecule has 2 unspecified atom stereocenters. The van der Waals surface area contributed by atoms with Gasteiger partial charge in [-0.2, -0.15) is 12.6 Å². The average molecular weight is 161 g/mol. The molecular weight excluding hydrogens is 146 g/mol. The van der Waals surface area contributed by atoms with Crippen LogP contribution in [-0.2, 0) is 0 Å². The SMILES string of the molecule is CN1CCC(C(O)CS)C1. The molecule has 1 aliphatic rings. The van der Waals surface area contributed by atoms with E-state index in [1.54, 1.807) is 0 Å². The van der Waals surface area contributed by atoms with E-state index in [9.17, 15) is 5.11 Å². The Balaban J connectivity index is 2.29. The molecule has 1 aliphatic heterocycles. The zero-order valence-corrected chi connectivity index (χ0v) is 7.22. The van der Waals surface area contributed by atoms with Crippen LogP contribution in [0.4, 0.5) is 0 Å². The number of hydrogen-bond acceptors (Lipinski definition) is 3. The van der Waals surface area contributed by atoms with Crippen molar-refractivity contribution in [1.82, 2.24) is 4.90 Å². The Labute approximate surface area is 67.6 Å². The van der Waals surface area contributed by atoms with Gasteiger partial charge in [-0.1, -0.05) is 0 Å². The number of rotatable bonds is 2. The third kappa shape index (κ3) is 1.87. The summed E-state index contributed by atoms with van der Waals surface area (Å²) in [5.74, 6) is 1.06. The van der Waals surface area contributed by atoms with E-state index in [4.69, 9.17) is 0 Å². The van der Waals surface area contributed by atoms with Gasteiger partial charge in [-0.05, 0) is 25.9 Å². The van der Waals surface area contributed by atoms with Crippen molar-refractivity contribution in [2.45, 2.75) is 12.5 Å². The molecule has 0 radical (unpaired) electrons. The van der Waals surface area contributed by atoms with Crippen LogP contribution in [0.15, 0.2) is 0 Å². The van der Waals surface area contributed by atoms with E-state index >= 15 is 0 Å². The fraction of sp³-hybridized carbons (Fsp3) is 1.00. The highest BCUT2D eigenvalue weighted by Crippen LogP contribution is 2.18. The van der Waals surface area contributed by atoms with Crippen LogP contribution in [0.2, 0.25) is 0 Å². The molecule has 3 heteroatoms. The van der Waals surface area contributed by atoms with Gasteiger partial charge in [0.2, 0.25) is 0 Å². The van der Waals surface area contributed by atoms with Crippen molar-refractivity contribution in [2.75, 3.05) is 25.9 Å². The maximum atomic E-state index is 9.37. The van der Waals surface area contributed by atoms with Crippen molar-refractivity contribution in [2.24, 2.45) is 5.92 Å². The maximum absolute atomic E-state index is 9.37. The van der Waals surface area contributed by atoms with Crippen LogP contribution in [0.5, 0.6) is 0 Å². The molecule has 2 atom stereocenters. The molecule has 10 heavy (non-hydrogen) atoms. The number of likely N-dealkylation sites (tertiary alicyclic amines) is 1. The van der Waals surface area contributed by atoms with Crippen LogP contribution in [0.25, 0.3) is 0 Å². The Hall–Kier alpha value is 0.270. The molecule has 1 heterocycles. The summed E-state index contributed by atoms with van der Waals surface area (Å²) in [6, 6.07) is 0. The lowest BCUT2D eigenvalue weighted by Gasteiger charge is -2.14. The standard InChI is InChI=1S/C7H15NOS/c1-8-3-2-6(4-8)7(9)5-10/h6-7,9-10H,2-5H2,1H3. The highest BCUT2D eigenvalue weighted by atomic mass is 32.1. The molecule has 0 aromatic rings. The van der Waals surface area contributed by atoms with Crippen molar-refractivity contribution < 1.29 is 5.11 Å². The van der Waals surface area contributed by atoms with Crippen LogP contribution in [0, 0.1) is 5.92 Å². The van der Waals surface area contributed by atoms with Crippen LogP contribution < -0.4 is 0 Å². The fourth-order valence-corrected chi connectivity index (χ4v) is 1.73. The van der Waals surface area contributed by atoms with Crippen molar-refractivity contribution >= 4 is 12.6 Å². The predicted molar refractivity (Wildman–Crippen MR) is 45.5 cm³/mol. The lowest BCUT2D eigenvalue weighted by atomic mass is 10.0. The highest BCUT2D eigenvalue weighted by molar-refractivity contribution is 7.80. The van der Waals surface area contributed by atoms with E-state index in [1.807, 2.05) is 0 Å². The topological polar surface area (TPSA) is 23.5 Å². The molecular formula is C7H15NOS. The quantitative estimate of drug-likeness (QED) is 0.566. The second-order valence-electron chi connectivity index (χ2n) is 3.06. The van der Waals surface area contributed by atoms with Crippen molar-refractivity contribution in [3.63, 3.8) is 0 Å². The van der Waals surface area contributed by atoms with Gasteiger partial charge in [-0.15, -0.1) is 0 Å². The molecule has 0 spiro atoms. The number of hydrogen-bond donors (Lipinski definition) is 2. The van der Waals surface area contributed by atoms with E-state index in [0.717, 1.165) is 19.5 Å². The van der Waals surface area contributed by atoms with Gasteiger partial charge >= 0.3 is 0 Å². The van der Waals surface area contributed by atoms with Gasteiger partial charge in [-0.3, -0.25) is 0 Å². The molecule has 60 valence electrons. The molecule has 1 fully saturated rings. The monoisotopic (exact) mass is 161 g/mol. The minimum absolute atomic E-state index is 0.201. The van der Waals surface area contributed by atoms with Gasteiger partial charge in [0.15, 0.2) is 0 Å². The Kier molecular flexibility index (Phi) is 3.01. The lowest BCUT2D eigenvalue weighted by molar-refractivity contribution is 0.134. The molecule has 0 saturated carbocycles. The van der Waals surface area contributed by atoms with Crippen LogP contribution in [0.3, 0.4) is 0 Å². The first-order valence-corrected chi connectivity index (χ1v) is 4.34. The van der Waals surface area contributed by atoms with Gasteiger partial charge in [0.1, 0.15) is 0 Å². The molecule has 0 amide bonds. The maximum Gasteiger partial charge on any atom is 0.0668 e. The average Bonchev–Trinajstić information content (AvgIpc) is 2.34. The van der Waals surface area contributed by atoms with Gasteiger partial charge in [-0.25, -0.2) is 0 Å². The molecule has 1 N–H and O–H groups in total. The minimum atomic E-state index is -0.201. The van der Waals surface area contributed by atoms with Gasteiger partial charge in [0.05, 0.1) is 6.10 Å². The predicted octanol–water partition coefficient (Wildman–Crippen LogP) is 0.229. The summed E-state index contributed by atoms with van der Waals surface area (Å²) in [5, 5.41) is 9.37. The van der Waals surface area contributed by atoms with Crippen LogP contribution >= 0.6 is 12.6 Å². The number of nitrogens with zero attached hydrogens (tertiary/aromatic N) is 1. The summed E-state index contributed by atoms with van der Waals surface area (Å²) in [7, 11) is 2.09. The van der Waals surface area contributed by atoms with E-state index in [0.29, 0.717) is 11.7 Å². The minimum Gasteiger partial charge on any atom is -0.392 e. The molecule has 1 rings (SSSR count). The smallest absolute Gasteiger partial charge is 0.0668 e. The molecule has 0 aromatic carbocycles. The number of aliphatic hydroxyl groups excluding tert-OH is 1. The Morgan fingerprint density at radius 3 is 2.90 bits per heavy atom. The first-order valence-electron chi connectivity index (χ1n) is 3.71. The van der Waals surface area contributed by atoms with E-state index < -0.39 is 0 Å². The van der Waals surface area contributed by atoms with E-state index in [-0.39, 0.29) is 6.10 Å². The van der Waals surface area contributed by atoms with Gasteiger partial charge in [0, 0.05) is 12.3 Å². The molecule has 0 aromatic heterocycles. The Morgan fingerprint density at radius 1 is 1.80 bits per heavy atom. The van der Waals surface area contributed by atoms with Crippen molar-refractivity contribution in [3.8, 4) is 0 Å². The lowest BCUT2D eigenvalue weighted by Crippen LogP contribution is -2.24. The van der Waals surface area contributed by atoms with Gasteiger partial charge < -0.3 is 10.0 Å². The summed E-state index contributed by atoms with van der Waals surface area (Å²) >= 11 is 4.05. The van der Waals surface area contributed by atoms with E-state index in [2.05, 4.69) is 24.6 Å². The summed E-state index contributed by atoms with van der Waals surface area (Å²) in [4.78, 5) is 2.25. The molecule has 0 bridgehead atoms. The summed E-state index contributed by atoms with van der Waals surface area (Å²) in [5.41, 5.74) is 0. The van der Waals surface area contributed by atoms with E-state index in [1.165, 1.54) is 0 Å². The molecule has 0 aliphatic carbocycles. The first-order chi connectivity index (χ1) is 4.74. The summed E-state index contributed by atoms with van der Waals surface area (Å²) < 4.78 is 0. The third-order valence-electron chi connectivity index (χ3n) is 2.16. The molecule has 2 nitrogen and oxygen atoms in total. The van der Waals surface area contributed by atoms with Crippen LogP contribution in [-0.4, -0.2) is 42.0 Å². The number of aliphatic hydroxyl groups is 1. The molecule has 1 saturated heterocycles. The third-order valence-corrected chi connectivity index (χ3v) is 2.53. The van der Waals surface area contributed by atoms with Gasteiger partial charge in [0.25, 0.3) is 0 Å². The van der Waals surface area contributed by atoms with Crippen molar-refractivity contribution in [3.05, 3.63) is 0 Å². The Bertz CT molecular complexity index is 110. The van der Waals surface area contributed by atoms with Crippen LogP contribution in [0.1, 0.15) is 6.42 Å². The largest absolute Gasteiger partial charge is 0.392 e. The van der Waals surface area contributed by atoms with Crippen molar-refractivity contribution in [1.29, 1.82) is 0 Å². The zero-order chi connectivity index (χ0) is 7.56. The summed E-state index contributed by atoms with van der Waals surface area (Å²) in [6.07, 6.45) is 0.923. The first kappa shape index (κ1) is 8.37. The summed E-state index contributed by atoms with van der Waals surface area (Å²) in [6.45, 7) is 2.15.